The van der Waals surface area contributed by atoms with Gasteiger partial charge in [-0.2, -0.15) is 0 Å². The Labute approximate surface area is 109 Å². The van der Waals surface area contributed by atoms with Crippen LogP contribution in [-0.4, -0.2) is 40.9 Å². The van der Waals surface area contributed by atoms with E-state index < -0.39 is 5.60 Å². The van der Waals surface area contributed by atoms with Crippen LogP contribution in [0.4, 0.5) is 4.79 Å². The Morgan fingerprint density at radius 2 is 2.06 bits per heavy atom. The van der Waals surface area contributed by atoms with Crippen LogP contribution in [0, 0.1) is 11.8 Å². The average molecular weight is 255 g/mol. The summed E-state index contributed by atoms with van der Waals surface area (Å²) in [6.45, 7) is 6.61. The lowest BCUT2D eigenvalue weighted by Crippen LogP contribution is -2.58. The highest BCUT2D eigenvalue weighted by atomic mass is 16.6. The molecule has 2 unspecified atom stereocenters. The monoisotopic (exact) mass is 255 g/mol. The number of rotatable bonds is 3. The van der Waals surface area contributed by atoms with Gasteiger partial charge in [0.1, 0.15) is 5.60 Å². The topological polar surface area (TPSA) is 49.8 Å². The van der Waals surface area contributed by atoms with Crippen LogP contribution in [0.15, 0.2) is 0 Å². The molecule has 0 bridgehead atoms. The van der Waals surface area contributed by atoms with E-state index in [1.54, 1.807) is 4.90 Å². The van der Waals surface area contributed by atoms with E-state index in [1.165, 1.54) is 19.3 Å². The van der Waals surface area contributed by atoms with Crippen molar-refractivity contribution in [3.8, 4) is 0 Å². The lowest BCUT2D eigenvalue weighted by Gasteiger charge is -2.48. The summed E-state index contributed by atoms with van der Waals surface area (Å²) < 4.78 is 5.40. The standard InChI is InChI=1S/C14H25NO3/c1-14(2,3)18-13(17)15-8-7-12(15)11(9-16)10-5-4-6-10/h10-12,16H,4-9H2,1-3H3. The van der Waals surface area contributed by atoms with Crippen molar-refractivity contribution in [2.45, 2.75) is 58.1 Å². The second-order valence-corrected chi connectivity index (χ2v) is 6.57. The zero-order valence-corrected chi connectivity index (χ0v) is 11.7. The maximum absolute atomic E-state index is 12.0. The van der Waals surface area contributed by atoms with Crippen LogP contribution < -0.4 is 0 Å². The van der Waals surface area contributed by atoms with E-state index in [9.17, 15) is 9.90 Å². The molecule has 18 heavy (non-hydrogen) atoms. The molecule has 2 aliphatic rings. The minimum Gasteiger partial charge on any atom is -0.444 e. The summed E-state index contributed by atoms with van der Waals surface area (Å²) in [7, 11) is 0. The smallest absolute Gasteiger partial charge is 0.410 e. The van der Waals surface area contributed by atoms with E-state index in [-0.39, 0.29) is 24.7 Å². The van der Waals surface area contributed by atoms with Crippen molar-refractivity contribution < 1.29 is 14.6 Å². The van der Waals surface area contributed by atoms with Gasteiger partial charge in [0.15, 0.2) is 0 Å². The summed E-state index contributed by atoms with van der Waals surface area (Å²) in [5.74, 6) is 0.852. The number of ether oxygens (including phenoxy) is 1. The van der Waals surface area contributed by atoms with Crippen LogP contribution in [0.2, 0.25) is 0 Å². The number of carbonyl (C=O) groups is 1. The van der Waals surface area contributed by atoms with Crippen molar-refractivity contribution in [1.29, 1.82) is 0 Å². The van der Waals surface area contributed by atoms with E-state index in [1.807, 2.05) is 20.8 Å². The molecule has 1 aliphatic heterocycles. The highest BCUT2D eigenvalue weighted by Crippen LogP contribution is 2.40. The molecule has 0 aromatic carbocycles. The quantitative estimate of drug-likeness (QED) is 0.842. The molecule has 1 aliphatic carbocycles. The molecule has 2 rings (SSSR count). The minimum atomic E-state index is -0.442. The fourth-order valence-corrected chi connectivity index (χ4v) is 2.85. The van der Waals surface area contributed by atoms with Crippen molar-refractivity contribution >= 4 is 6.09 Å². The lowest BCUT2D eigenvalue weighted by atomic mass is 9.70. The first-order valence-corrected chi connectivity index (χ1v) is 7.03. The summed E-state index contributed by atoms with van der Waals surface area (Å²) in [6, 6.07) is 0.190. The molecule has 104 valence electrons. The number of hydrogen-bond donors (Lipinski definition) is 1. The number of nitrogens with zero attached hydrogens (tertiary/aromatic N) is 1. The van der Waals surface area contributed by atoms with Crippen molar-refractivity contribution in [3.05, 3.63) is 0 Å². The van der Waals surface area contributed by atoms with Gasteiger partial charge in [0, 0.05) is 25.1 Å². The maximum atomic E-state index is 12.0. The summed E-state index contributed by atoms with van der Waals surface area (Å²) in [4.78, 5) is 13.8. The summed E-state index contributed by atoms with van der Waals surface area (Å²) >= 11 is 0. The fourth-order valence-electron chi connectivity index (χ4n) is 2.85. The van der Waals surface area contributed by atoms with Crippen molar-refractivity contribution in [3.63, 3.8) is 0 Å². The zero-order chi connectivity index (χ0) is 13.3. The van der Waals surface area contributed by atoms with Crippen LogP contribution in [-0.2, 0) is 4.74 Å². The highest BCUT2D eigenvalue weighted by Gasteiger charge is 2.43. The lowest BCUT2D eigenvalue weighted by molar-refractivity contribution is -0.0428. The first-order valence-electron chi connectivity index (χ1n) is 7.03. The second-order valence-electron chi connectivity index (χ2n) is 6.57. The van der Waals surface area contributed by atoms with Crippen molar-refractivity contribution in [2.24, 2.45) is 11.8 Å². The number of carbonyl (C=O) groups excluding carboxylic acids is 1. The van der Waals surface area contributed by atoms with Gasteiger partial charge < -0.3 is 14.7 Å². The van der Waals surface area contributed by atoms with E-state index in [0.29, 0.717) is 5.92 Å². The SMILES string of the molecule is CC(C)(C)OC(=O)N1CCC1C(CO)C1CCC1. The Morgan fingerprint density at radius 3 is 2.39 bits per heavy atom. The van der Waals surface area contributed by atoms with Gasteiger partial charge in [-0.15, -0.1) is 0 Å². The molecular formula is C14H25NO3. The van der Waals surface area contributed by atoms with Gasteiger partial charge in [0.2, 0.25) is 0 Å². The third-order valence-electron chi connectivity index (χ3n) is 4.15. The van der Waals surface area contributed by atoms with Crippen LogP contribution in [0.1, 0.15) is 46.5 Å². The van der Waals surface area contributed by atoms with Crippen molar-refractivity contribution in [1.82, 2.24) is 4.90 Å². The molecule has 1 saturated carbocycles. The number of likely N-dealkylation sites (tertiary alicyclic amines) is 1. The molecule has 0 spiro atoms. The van der Waals surface area contributed by atoms with Crippen LogP contribution in [0.25, 0.3) is 0 Å². The van der Waals surface area contributed by atoms with Gasteiger partial charge in [0.05, 0.1) is 0 Å². The maximum Gasteiger partial charge on any atom is 0.410 e. The third-order valence-corrected chi connectivity index (χ3v) is 4.15. The molecule has 1 N–H and O–H groups in total. The Kier molecular flexibility index (Phi) is 3.85. The third kappa shape index (κ3) is 2.79. The van der Waals surface area contributed by atoms with Gasteiger partial charge >= 0.3 is 6.09 Å². The molecular weight excluding hydrogens is 230 g/mol. The number of aliphatic hydroxyl groups excluding tert-OH is 1. The number of aliphatic hydroxyl groups is 1. The van der Waals surface area contributed by atoms with Gasteiger partial charge in [0.25, 0.3) is 0 Å². The van der Waals surface area contributed by atoms with E-state index in [0.717, 1.165) is 13.0 Å². The molecule has 0 aromatic rings. The van der Waals surface area contributed by atoms with Crippen LogP contribution in [0.5, 0.6) is 0 Å². The zero-order valence-electron chi connectivity index (χ0n) is 11.7. The highest BCUT2D eigenvalue weighted by molar-refractivity contribution is 5.69. The molecule has 0 aromatic heterocycles. The normalized spacial score (nSPS) is 26.2. The predicted molar refractivity (Wildman–Crippen MR) is 69.3 cm³/mol. The van der Waals surface area contributed by atoms with E-state index in [2.05, 4.69) is 0 Å². The van der Waals surface area contributed by atoms with Gasteiger partial charge in [-0.25, -0.2) is 4.79 Å². The molecule has 4 heteroatoms. The van der Waals surface area contributed by atoms with E-state index >= 15 is 0 Å². The van der Waals surface area contributed by atoms with Crippen molar-refractivity contribution in [2.75, 3.05) is 13.2 Å². The molecule has 0 radical (unpaired) electrons. The first-order chi connectivity index (χ1) is 8.42. The first kappa shape index (κ1) is 13.7. The average Bonchev–Trinajstić information content (AvgIpc) is 2.08. The molecule has 4 nitrogen and oxygen atoms in total. The van der Waals surface area contributed by atoms with Gasteiger partial charge in [-0.05, 0) is 33.1 Å². The molecule has 1 saturated heterocycles. The summed E-state index contributed by atoms with van der Waals surface area (Å²) in [6.07, 6.45) is 4.44. The van der Waals surface area contributed by atoms with Crippen LogP contribution >= 0.6 is 0 Å². The Hall–Kier alpha value is -0.770. The Balaban J connectivity index is 1.92. The Morgan fingerprint density at radius 1 is 1.39 bits per heavy atom. The number of amides is 1. The Bertz CT molecular complexity index is 307. The largest absolute Gasteiger partial charge is 0.444 e. The number of hydrogen-bond acceptors (Lipinski definition) is 3. The molecule has 2 atom stereocenters. The second kappa shape index (κ2) is 5.08. The minimum absolute atomic E-state index is 0.189. The molecule has 1 amide bonds. The molecule has 1 heterocycles. The summed E-state index contributed by atoms with van der Waals surface area (Å²) in [5.41, 5.74) is -0.442. The fraction of sp³-hybridized carbons (Fsp3) is 0.929. The molecule has 2 fully saturated rings. The van der Waals surface area contributed by atoms with Gasteiger partial charge in [-0.3, -0.25) is 0 Å². The predicted octanol–water partition coefficient (Wildman–Crippen LogP) is 2.40. The van der Waals surface area contributed by atoms with Crippen LogP contribution in [0.3, 0.4) is 0 Å². The summed E-state index contributed by atoms with van der Waals surface area (Å²) in [5, 5.41) is 9.55. The van der Waals surface area contributed by atoms with E-state index in [4.69, 9.17) is 4.74 Å². The van der Waals surface area contributed by atoms with Gasteiger partial charge in [-0.1, -0.05) is 19.3 Å².